The van der Waals surface area contributed by atoms with Crippen molar-refractivity contribution in [2.24, 2.45) is 17.3 Å². The molecule has 0 bridgehead atoms. The van der Waals surface area contributed by atoms with Crippen LogP contribution in [-0.4, -0.2) is 31.6 Å². The Morgan fingerprint density at radius 1 is 1.53 bits per heavy atom. The van der Waals surface area contributed by atoms with Gasteiger partial charge in [-0.05, 0) is 18.8 Å². The minimum atomic E-state index is -0.714. The number of aliphatic carboxylic acids is 1. The number of hydrogen-bond acceptors (Lipinski definition) is 3. The van der Waals surface area contributed by atoms with E-state index in [1.54, 1.807) is 7.11 Å². The van der Waals surface area contributed by atoms with E-state index in [1.807, 2.05) is 12.2 Å². The van der Waals surface area contributed by atoms with Gasteiger partial charge in [-0.3, -0.25) is 4.79 Å². The first-order chi connectivity index (χ1) is 8.20. The predicted octanol–water partition coefficient (Wildman–Crippen LogP) is 1.83. The molecule has 0 aliphatic heterocycles. The van der Waals surface area contributed by atoms with Gasteiger partial charge in [0.25, 0.3) is 0 Å². The Kier molecular flexibility index (Phi) is 3.64. The molecule has 0 aromatic rings. The van der Waals surface area contributed by atoms with Gasteiger partial charge < -0.3 is 14.6 Å². The number of carboxylic acid groups (broad SMARTS) is 1. The highest BCUT2D eigenvalue weighted by Gasteiger charge is 2.61. The number of ether oxygens (including phenoxy) is 2. The molecule has 1 saturated carbocycles. The summed E-state index contributed by atoms with van der Waals surface area (Å²) in [5, 5.41) is 9.15. The molecule has 3 atom stereocenters. The van der Waals surface area contributed by atoms with Gasteiger partial charge in [-0.25, -0.2) is 0 Å². The highest BCUT2D eigenvalue weighted by Crippen LogP contribution is 2.60. The normalized spacial score (nSPS) is 34.9. The molecule has 0 aromatic carbocycles. The van der Waals surface area contributed by atoms with Gasteiger partial charge >= 0.3 is 5.97 Å². The zero-order chi connectivity index (χ0) is 12.3. The van der Waals surface area contributed by atoms with Gasteiger partial charge in [-0.1, -0.05) is 24.3 Å². The van der Waals surface area contributed by atoms with Crippen LogP contribution in [0.3, 0.4) is 0 Å². The molecule has 0 saturated heterocycles. The first kappa shape index (κ1) is 12.3. The molecule has 2 aliphatic carbocycles. The lowest BCUT2D eigenvalue weighted by molar-refractivity contribution is -0.140. The maximum absolute atomic E-state index is 11.1. The topological polar surface area (TPSA) is 55.8 Å². The molecule has 0 amide bonds. The second-order valence-corrected chi connectivity index (χ2v) is 4.74. The molecular formula is C13H18O4. The van der Waals surface area contributed by atoms with Crippen molar-refractivity contribution >= 4 is 5.97 Å². The van der Waals surface area contributed by atoms with E-state index in [9.17, 15) is 4.79 Å². The van der Waals surface area contributed by atoms with E-state index in [-0.39, 0.29) is 24.0 Å². The number of carboxylic acids is 1. The lowest BCUT2D eigenvalue weighted by Gasteiger charge is -2.25. The summed E-state index contributed by atoms with van der Waals surface area (Å²) >= 11 is 0. The fourth-order valence-corrected chi connectivity index (χ4v) is 2.65. The summed E-state index contributed by atoms with van der Waals surface area (Å²) in [6.45, 7) is 0.682. The summed E-state index contributed by atoms with van der Waals surface area (Å²) in [6, 6.07) is 0. The van der Waals surface area contributed by atoms with Crippen molar-refractivity contribution in [3.05, 3.63) is 24.3 Å². The van der Waals surface area contributed by atoms with Crippen LogP contribution in [0.1, 0.15) is 12.8 Å². The zero-order valence-electron chi connectivity index (χ0n) is 9.96. The van der Waals surface area contributed by atoms with Crippen molar-refractivity contribution in [3.8, 4) is 0 Å². The average molecular weight is 238 g/mol. The van der Waals surface area contributed by atoms with Crippen LogP contribution in [0.15, 0.2) is 24.3 Å². The Morgan fingerprint density at radius 2 is 2.35 bits per heavy atom. The molecule has 0 heterocycles. The van der Waals surface area contributed by atoms with Gasteiger partial charge in [0.2, 0.25) is 0 Å². The van der Waals surface area contributed by atoms with Crippen LogP contribution in [-0.2, 0) is 14.3 Å². The summed E-state index contributed by atoms with van der Waals surface area (Å²) in [7, 11) is 1.57. The molecule has 4 heteroatoms. The summed E-state index contributed by atoms with van der Waals surface area (Å²) in [5.74, 6) is -0.722. The fraction of sp³-hybridized carbons (Fsp3) is 0.615. The first-order valence-electron chi connectivity index (χ1n) is 5.83. The minimum Gasteiger partial charge on any atom is -0.481 e. The zero-order valence-corrected chi connectivity index (χ0v) is 9.96. The van der Waals surface area contributed by atoms with E-state index >= 15 is 0 Å². The lowest BCUT2D eigenvalue weighted by atomic mass is 9.82. The van der Waals surface area contributed by atoms with E-state index in [0.717, 1.165) is 6.42 Å². The molecule has 4 nitrogen and oxygen atoms in total. The van der Waals surface area contributed by atoms with E-state index in [1.165, 1.54) is 0 Å². The Morgan fingerprint density at radius 3 is 2.88 bits per heavy atom. The maximum atomic E-state index is 11.1. The van der Waals surface area contributed by atoms with Gasteiger partial charge in [0.1, 0.15) is 6.79 Å². The van der Waals surface area contributed by atoms with Crippen LogP contribution in [0, 0.1) is 17.3 Å². The average Bonchev–Trinajstić information content (AvgIpc) is 3.07. The van der Waals surface area contributed by atoms with E-state index in [4.69, 9.17) is 14.6 Å². The van der Waals surface area contributed by atoms with Crippen molar-refractivity contribution in [2.45, 2.75) is 12.8 Å². The molecule has 1 fully saturated rings. The molecular weight excluding hydrogens is 220 g/mol. The van der Waals surface area contributed by atoms with Crippen LogP contribution < -0.4 is 0 Å². The van der Waals surface area contributed by atoms with Crippen LogP contribution in [0.4, 0.5) is 0 Å². The molecule has 17 heavy (non-hydrogen) atoms. The molecule has 94 valence electrons. The number of methoxy groups -OCH3 is 1. The van der Waals surface area contributed by atoms with E-state index in [2.05, 4.69) is 12.2 Å². The predicted molar refractivity (Wildman–Crippen MR) is 62.4 cm³/mol. The van der Waals surface area contributed by atoms with E-state index < -0.39 is 5.97 Å². The van der Waals surface area contributed by atoms with Gasteiger partial charge in [-0.15, -0.1) is 0 Å². The summed E-state index contributed by atoms with van der Waals surface area (Å²) in [4.78, 5) is 11.1. The van der Waals surface area contributed by atoms with Crippen LogP contribution in [0.2, 0.25) is 0 Å². The molecule has 2 rings (SSSR count). The monoisotopic (exact) mass is 238 g/mol. The first-order valence-corrected chi connectivity index (χ1v) is 5.83. The highest BCUT2D eigenvalue weighted by molar-refractivity contribution is 5.75. The van der Waals surface area contributed by atoms with Crippen LogP contribution >= 0.6 is 0 Å². The van der Waals surface area contributed by atoms with Crippen molar-refractivity contribution in [1.82, 2.24) is 0 Å². The third-order valence-corrected chi connectivity index (χ3v) is 3.71. The minimum absolute atomic E-state index is 0.223. The quantitative estimate of drug-likeness (QED) is 0.566. The molecule has 2 aliphatic rings. The second kappa shape index (κ2) is 5.02. The Balaban J connectivity index is 2.01. The number of rotatable bonds is 6. The van der Waals surface area contributed by atoms with Gasteiger partial charge in [0.15, 0.2) is 0 Å². The van der Waals surface area contributed by atoms with Gasteiger partial charge in [0, 0.05) is 12.5 Å². The maximum Gasteiger partial charge on any atom is 0.307 e. The SMILES string of the molecule is COCOC[C@@]1(C2C=CC=CC2)C[C@H]1C(=O)O. The standard InChI is InChI=1S/C13H18O4/c1-16-9-17-8-13(7-11(13)12(14)15)10-5-3-2-4-6-10/h2-5,10-11H,6-9H2,1H3,(H,14,15)/t10?,11-,13+/m0/s1. The number of allylic oxidation sites excluding steroid dienone is 4. The van der Waals surface area contributed by atoms with Crippen molar-refractivity contribution < 1.29 is 19.4 Å². The summed E-state index contributed by atoms with van der Waals surface area (Å²) < 4.78 is 10.2. The Bertz CT molecular complexity index is 347. The fourth-order valence-electron chi connectivity index (χ4n) is 2.65. The lowest BCUT2D eigenvalue weighted by Crippen LogP contribution is -2.26. The van der Waals surface area contributed by atoms with Crippen molar-refractivity contribution in [3.63, 3.8) is 0 Å². The number of carbonyl (C=O) groups is 1. The third kappa shape index (κ3) is 2.42. The third-order valence-electron chi connectivity index (χ3n) is 3.71. The van der Waals surface area contributed by atoms with Gasteiger partial charge in [0.05, 0.1) is 12.5 Å². The van der Waals surface area contributed by atoms with Crippen molar-refractivity contribution in [1.29, 1.82) is 0 Å². The van der Waals surface area contributed by atoms with Gasteiger partial charge in [-0.2, -0.15) is 0 Å². The van der Waals surface area contributed by atoms with Crippen LogP contribution in [0.5, 0.6) is 0 Å². The Hall–Kier alpha value is -1.13. The molecule has 1 unspecified atom stereocenters. The smallest absolute Gasteiger partial charge is 0.307 e. The largest absolute Gasteiger partial charge is 0.481 e. The van der Waals surface area contributed by atoms with Crippen molar-refractivity contribution in [2.75, 3.05) is 20.5 Å². The second-order valence-electron chi connectivity index (χ2n) is 4.74. The van der Waals surface area contributed by atoms with Crippen LogP contribution in [0.25, 0.3) is 0 Å². The molecule has 0 radical (unpaired) electrons. The summed E-state index contributed by atoms with van der Waals surface area (Å²) in [5.41, 5.74) is -0.231. The molecule has 0 spiro atoms. The Labute approximate surface area is 101 Å². The molecule has 1 N–H and O–H groups in total. The number of hydrogen-bond donors (Lipinski definition) is 1. The van der Waals surface area contributed by atoms with E-state index in [0.29, 0.717) is 13.0 Å². The highest BCUT2D eigenvalue weighted by atomic mass is 16.7. The molecule has 0 aromatic heterocycles. The summed E-state index contributed by atoms with van der Waals surface area (Å²) in [6.07, 6.45) is 9.77.